The van der Waals surface area contributed by atoms with E-state index in [0.29, 0.717) is 3.57 Å². The van der Waals surface area contributed by atoms with Gasteiger partial charge in [0.05, 0.1) is 17.1 Å². The second-order valence-corrected chi connectivity index (χ2v) is 6.15. The van der Waals surface area contributed by atoms with Crippen LogP contribution in [0.5, 0.6) is 0 Å². The zero-order chi connectivity index (χ0) is 17.0. The van der Waals surface area contributed by atoms with E-state index in [2.05, 4.69) is 10.3 Å². The summed E-state index contributed by atoms with van der Waals surface area (Å²) in [5, 5.41) is 15.0. The minimum atomic E-state index is -0.575. The van der Waals surface area contributed by atoms with Gasteiger partial charge in [0.2, 0.25) is 0 Å². The van der Waals surface area contributed by atoms with Crippen molar-refractivity contribution in [3.63, 3.8) is 0 Å². The van der Waals surface area contributed by atoms with Gasteiger partial charge >= 0.3 is 5.97 Å². The smallest absolute Gasteiger partial charge is 0.357 e. The molecule has 0 saturated heterocycles. The molecular weight excluding hydrogens is 437 g/mol. The van der Waals surface area contributed by atoms with Crippen LogP contribution in [0.4, 0.5) is 10.8 Å². The highest BCUT2D eigenvalue weighted by Crippen LogP contribution is 2.22. The van der Waals surface area contributed by atoms with Crippen LogP contribution in [0.15, 0.2) is 23.6 Å². The van der Waals surface area contributed by atoms with E-state index in [1.807, 2.05) is 22.6 Å². The lowest BCUT2D eigenvalue weighted by Crippen LogP contribution is -2.14. The van der Waals surface area contributed by atoms with Crippen LogP contribution >= 0.6 is 33.9 Å². The van der Waals surface area contributed by atoms with E-state index in [1.165, 1.54) is 23.6 Å². The molecule has 1 heterocycles. The molecule has 10 heteroatoms. The first-order valence-electron chi connectivity index (χ1n) is 6.30. The van der Waals surface area contributed by atoms with Crippen molar-refractivity contribution in [2.75, 3.05) is 11.9 Å². The lowest BCUT2D eigenvalue weighted by molar-refractivity contribution is -0.384. The third-order valence-electron chi connectivity index (χ3n) is 2.61. The van der Waals surface area contributed by atoms with Gasteiger partial charge in [-0.15, -0.1) is 11.3 Å². The van der Waals surface area contributed by atoms with Gasteiger partial charge in [0.15, 0.2) is 10.8 Å². The molecule has 8 nitrogen and oxygen atoms in total. The minimum Gasteiger partial charge on any atom is -0.461 e. The molecular formula is C13H10IN3O5S. The number of esters is 1. The maximum absolute atomic E-state index is 12.2. The average molecular weight is 447 g/mol. The Balaban J connectivity index is 2.18. The summed E-state index contributed by atoms with van der Waals surface area (Å²) in [6.45, 7) is 1.90. The number of hydrogen-bond acceptors (Lipinski definition) is 7. The van der Waals surface area contributed by atoms with Crippen LogP contribution in [0.1, 0.15) is 27.8 Å². The Bertz CT molecular complexity index is 777. The van der Waals surface area contributed by atoms with Gasteiger partial charge in [-0.05, 0) is 35.6 Å². The van der Waals surface area contributed by atoms with E-state index in [0.717, 1.165) is 11.3 Å². The zero-order valence-electron chi connectivity index (χ0n) is 11.7. The van der Waals surface area contributed by atoms with E-state index in [1.54, 1.807) is 6.92 Å². The largest absolute Gasteiger partial charge is 0.461 e. The molecule has 120 valence electrons. The normalized spacial score (nSPS) is 10.2. The second kappa shape index (κ2) is 7.46. The number of nitro benzene ring substituents is 1. The Kier molecular flexibility index (Phi) is 5.60. The lowest BCUT2D eigenvalue weighted by atomic mass is 10.2. The van der Waals surface area contributed by atoms with Crippen molar-refractivity contribution in [1.29, 1.82) is 0 Å². The number of anilines is 1. The van der Waals surface area contributed by atoms with Crippen LogP contribution < -0.4 is 5.32 Å². The molecule has 1 amide bonds. The number of carbonyl (C=O) groups excluding carboxylic acids is 2. The van der Waals surface area contributed by atoms with Crippen molar-refractivity contribution < 1.29 is 19.2 Å². The molecule has 2 rings (SSSR count). The van der Waals surface area contributed by atoms with E-state index in [9.17, 15) is 19.7 Å². The standard InChI is InChI=1S/C13H10IN3O5S/c1-2-22-12(19)10-6-23-13(15-10)16-11(18)8-5-7(17(20)21)3-4-9(8)14/h3-6H,2H2,1H3,(H,15,16,18). The summed E-state index contributed by atoms with van der Waals surface area (Å²) in [6, 6.07) is 4.00. The van der Waals surface area contributed by atoms with E-state index < -0.39 is 16.8 Å². The van der Waals surface area contributed by atoms with Crippen LogP contribution in [0.25, 0.3) is 0 Å². The molecule has 1 aromatic heterocycles. The molecule has 1 N–H and O–H groups in total. The number of aromatic nitrogens is 1. The van der Waals surface area contributed by atoms with Gasteiger partial charge in [0.1, 0.15) is 0 Å². The van der Waals surface area contributed by atoms with Crippen molar-refractivity contribution >= 4 is 56.6 Å². The number of carbonyl (C=O) groups is 2. The van der Waals surface area contributed by atoms with Gasteiger partial charge in [-0.3, -0.25) is 20.2 Å². The van der Waals surface area contributed by atoms with Gasteiger partial charge in [0.25, 0.3) is 11.6 Å². The topological polar surface area (TPSA) is 111 Å². The third-order valence-corrected chi connectivity index (χ3v) is 4.31. The number of nitrogens with one attached hydrogen (secondary N) is 1. The number of nitro groups is 1. The highest BCUT2D eigenvalue weighted by Gasteiger charge is 2.18. The summed E-state index contributed by atoms with van der Waals surface area (Å²) in [6.07, 6.45) is 0. The molecule has 23 heavy (non-hydrogen) atoms. The Labute approximate surface area is 148 Å². The van der Waals surface area contributed by atoms with Crippen molar-refractivity contribution in [2.24, 2.45) is 0 Å². The van der Waals surface area contributed by atoms with Gasteiger partial charge in [0, 0.05) is 21.1 Å². The lowest BCUT2D eigenvalue weighted by Gasteiger charge is -2.04. The first kappa shape index (κ1) is 17.3. The molecule has 0 unspecified atom stereocenters. The second-order valence-electron chi connectivity index (χ2n) is 4.13. The molecule has 0 fully saturated rings. The first-order valence-corrected chi connectivity index (χ1v) is 8.26. The first-order chi connectivity index (χ1) is 10.9. The maximum Gasteiger partial charge on any atom is 0.357 e. The van der Waals surface area contributed by atoms with Crippen molar-refractivity contribution in [2.45, 2.75) is 6.92 Å². The van der Waals surface area contributed by atoms with Crippen LogP contribution in [0.3, 0.4) is 0 Å². The number of rotatable bonds is 5. The predicted octanol–water partition coefficient (Wildman–Crippen LogP) is 3.08. The summed E-state index contributed by atoms with van der Waals surface area (Å²) in [7, 11) is 0. The van der Waals surface area contributed by atoms with E-state index in [4.69, 9.17) is 4.74 Å². The molecule has 0 aliphatic rings. The number of non-ortho nitro benzene ring substituents is 1. The Morgan fingerprint density at radius 2 is 2.22 bits per heavy atom. The number of nitrogens with zero attached hydrogens (tertiary/aromatic N) is 2. The predicted molar refractivity (Wildman–Crippen MR) is 91.8 cm³/mol. The summed E-state index contributed by atoms with van der Waals surface area (Å²) in [5.41, 5.74) is 0.0792. The summed E-state index contributed by atoms with van der Waals surface area (Å²) < 4.78 is 5.37. The van der Waals surface area contributed by atoms with E-state index >= 15 is 0 Å². The molecule has 0 aliphatic heterocycles. The average Bonchev–Trinajstić information content (AvgIpc) is 2.96. The van der Waals surface area contributed by atoms with Gasteiger partial charge in [-0.1, -0.05) is 0 Å². The fourth-order valence-corrected chi connectivity index (χ4v) is 2.85. The van der Waals surface area contributed by atoms with Crippen molar-refractivity contribution in [1.82, 2.24) is 4.98 Å². The van der Waals surface area contributed by atoms with Crippen molar-refractivity contribution in [3.8, 4) is 0 Å². The highest BCUT2D eigenvalue weighted by atomic mass is 127. The Hall–Kier alpha value is -2.08. The highest BCUT2D eigenvalue weighted by molar-refractivity contribution is 14.1. The fraction of sp³-hybridized carbons (Fsp3) is 0.154. The number of benzene rings is 1. The molecule has 0 atom stereocenters. The van der Waals surface area contributed by atoms with Gasteiger partial charge in [-0.25, -0.2) is 9.78 Å². The maximum atomic E-state index is 12.2. The number of thiazole rings is 1. The van der Waals surface area contributed by atoms with Crippen LogP contribution in [0, 0.1) is 13.7 Å². The van der Waals surface area contributed by atoms with Gasteiger partial charge in [-0.2, -0.15) is 0 Å². The molecule has 0 spiro atoms. The SMILES string of the molecule is CCOC(=O)c1csc(NC(=O)c2cc([N+](=O)[O-])ccc2I)n1. The van der Waals surface area contributed by atoms with Crippen LogP contribution in [-0.2, 0) is 4.74 Å². The fourth-order valence-electron chi connectivity index (χ4n) is 1.60. The molecule has 0 aliphatic carbocycles. The Morgan fingerprint density at radius 1 is 1.48 bits per heavy atom. The van der Waals surface area contributed by atoms with Crippen molar-refractivity contribution in [3.05, 3.63) is 48.5 Å². The number of ether oxygens (including phenoxy) is 1. The molecule has 2 aromatic rings. The van der Waals surface area contributed by atoms with Crippen LogP contribution in [-0.4, -0.2) is 28.4 Å². The van der Waals surface area contributed by atoms with Crippen LogP contribution in [0.2, 0.25) is 0 Å². The summed E-state index contributed by atoms with van der Waals surface area (Å²) in [5.74, 6) is -1.11. The quantitative estimate of drug-likeness (QED) is 0.327. The monoisotopic (exact) mass is 447 g/mol. The number of amides is 1. The number of halogens is 1. The molecule has 0 saturated carbocycles. The number of hydrogen-bond donors (Lipinski definition) is 1. The van der Waals surface area contributed by atoms with E-state index in [-0.39, 0.29) is 28.7 Å². The summed E-state index contributed by atoms with van der Waals surface area (Å²) >= 11 is 2.97. The molecule has 0 radical (unpaired) electrons. The molecule has 1 aromatic carbocycles. The zero-order valence-corrected chi connectivity index (χ0v) is 14.7. The minimum absolute atomic E-state index is 0.0980. The Morgan fingerprint density at radius 3 is 2.87 bits per heavy atom. The van der Waals surface area contributed by atoms with Gasteiger partial charge < -0.3 is 4.74 Å². The molecule has 0 bridgehead atoms. The summed E-state index contributed by atoms with van der Waals surface area (Å²) in [4.78, 5) is 37.9. The third kappa shape index (κ3) is 4.22.